The van der Waals surface area contributed by atoms with Crippen LogP contribution in [0.5, 0.6) is 0 Å². The number of rotatable bonds is 6. The first kappa shape index (κ1) is 14.7. The van der Waals surface area contributed by atoms with Crippen LogP contribution in [0.4, 0.5) is 14.5 Å². The van der Waals surface area contributed by atoms with Gasteiger partial charge in [-0.05, 0) is 37.4 Å². The van der Waals surface area contributed by atoms with Gasteiger partial charge >= 0.3 is 0 Å². The maximum atomic E-state index is 13.8. The molecule has 2 aliphatic rings. The Morgan fingerprint density at radius 3 is 2.52 bits per heavy atom. The maximum absolute atomic E-state index is 13.8. The Morgan fingerprint density at radius 2 is 1.86 bits per heavy atom. The molecule has 3 rings (SSSR count). The van der Waals surface area contributed by atoms with Crippen molar-refractivity contribution < 1.29 is 8.78 Å². The quantitative estimate of drug-likeness (QED) is 0.811. The van der Waals surface area contributed by atoms with E-state index in [-0.39, 0.29) is 0 Å². The van der Waals surface area contributed by atoms with Crippen LogP contribution in [0.15, 0.2) is 18.2 Å². The number of hydrogen-bond acceptors (Lipinski definition) is 3. The molecule has 5 heteroatoms. The molecule has 1 saturated carbocycles. The third-order valence-electron chi connectivity index (χ3n) is 4.36. The summed E-state index contributed by atoms with van der Waals surface area (Å²) < 4.78 is 26.7. The predicted molar refractivity (Wildman–Crippen MR) is 80.6 cm³/mol. The molecule has 0 atom stereocenters. The summed E-state index contributed by atoms with van der Waals surface area (Å²) in [6.07, 6.45) is 2.77. The minimum Gasteiger partial charge on any atom is -0.367 e. The average molecular weight is 295 g/mol. The minimum atomic E-state index is -0.517. The fourth-order valence-corrected chi connectivity index (χ4v) is 2.82. The largest absolute Gasteiger partial charge is 0.367 e. The molecule has 1 N–H and O–H groups in total. The molecule has 21 heavy (non-hydrogen) atoms. The lowest BCUT2D eigenvalue weighted by atomic mass is 10.2. The SMILES string of the molecule is Fc1ccc(N2CCN(CCNCC3CC3)CC2)c(F)c1. The highest BCUT2D eigenvalue weighted by Crippen LogP contribution is 2.27. The number of nitrogens with zero attached hydrogens (tertiary/aromatic N) is 2. The number of halogens is 2. The molecule has 0 amide bonds. The van der Waals surface area contributed by atoms with Crippen molar-refractivity contribution in [2.24, 2.45) is 5.92 Å². The van der Waals surface area contributed by atoms with Gasteiger partial charge in [-0.15, -0.1) is 0 Å². The maximum Gasteiger partial charge on any atom is 0.149 e. The van der Waals surface area contributed by atoms with Crippen molar-refractivity contribution in [1.82, 2.24) is 10.2 Å². The molecule has 0 bridgehead atoms. The Kier molecular flexibility index (Phi) is 4.70. The monoisotopic (exact) mass is 295 g/mol. The van der Waals surface area contributed by atoms with E-state index in [1.165, 1.54) is 25.0 Å². The van der Waals surface area contributed by atoms with Crippen molar-refractivity contribution in [2.75, 3.05) is 50.7 Å². The van der Waals surface area contributed by atoms with Crippen LogP contribution in [0.3, 0.4) is 0 Å². The molecule has 1 saturated heterocycles. The molecule has 1 heterocycles. The third kappa shape index (κ3) is 4.14. The number of hydrogen-bond donors (Lipinski definition) is 1. The highest BCUT2D eigenvalue weighted by atomic mass is 19.1. The van der Waals surface area contributed by atoms with E-state index in [2.05, 4.69) is 10.2 Å². The Hall–Kier alpha value is -1.20. The second kappa shape index (κ2) is 6.71. The Morgan fingerprint density at radius 1 is 1.10 bits per heavy atom. The zero-order chi connectivity index (χ0) is 14.7. The van der Waals surface area contributed by atoms with Crippen LogP contribution >= 0.6 is 0 Å². The number of nitrogens with one attached hydrogen (secondary N) is 1. The van der Waals surface area contributed by atoms with E-state index < -0.39 is 11.6 Å². The molecule has 1 aromatic carbocycles. The molecule has 116 valence electrons. The molecule has 1 aliphatic carbocycles. The van der Waals surface area contributed by atoms with Crippen LogP contribution in [-0.4, -0.2) is 50.7 Å². The second-order valence-corrected chi connectivity index (χ2v) is 6.07. The van der Waals surface area contributed by atoms with Crippen LogP contribution in [0.1, 0.15) is 12.8 Å². The first-order valence-electron chi connectivity index (χ1n) is 7.85. The molecule has 1 aliphatic heterocycles. The number of piperazine rings is 1. The summed E-state index contributed by atoms with van der Waals surface area (Å²) in [4.78, 5) is 4.40. The van der Waals surface area contributed by atoms with Gasteiger partial charge in [-0.3, -0.25) is 4.90 Å². The highest BCUT2D eigenvalue weighted by molar-refractivity contribution is 5.48. The van der Waals surface area contributed by atoms with E-state index in [0.29, 0.717) is 5.69 Å². The van der Waals surface area contributed by atoms with Gasteiger partial charge in [0.05, 0.1) is 5.69 Å². The van der Waals surface area contributed by atoms with E-state index in [9.17, 15) is 8.78 Å². The van der Waals surface area contributed by atoms with Crippen LogP contribution in [-0.2, 0) is 0 Å². The second-order valence-electron chi connectivity index (χ2n) is 6.07. The molecule has 0 spiro atoms. The molecular formula is C16H23F2N3. The normalized spacial score (nSPS) is 20.0. The van der Waals surface area contributed by atoms with Crippen molar-refractivity contribution in [3.05, 3.63) is 29.8 Å². The summed E-state index contributed by atoms with van der Waals surface area (Å²) in [7, 11) is 0. The topological polar surface area (TPSA) is 18.5 Å². The summed E-state index contributed by atoms with van der Waals surface area (Å²) in [5.41, 5.74) is 0.517. The van der Waals surface area contributed by atoms with Gasteiger partial charge in [0.15, 0.2) is 0 Å². The van der Waals surface area contributed by atoms with Gasteiger partial charge in [-0.2, -0.15) is 0 Å². The minimum absolute atomic E-state index is 0.463. The summed E-state index contributed by atoms with van der Waals surface area (Å²) in [5.74, 6) is -0.0607. The lowest BCUT2D eigenvalue weighted by Crippen LogP contribution is -2.48. The molecule has 0 aromatic heterocycles. The van der Waals surface area contributed by atoms with Gasteiger partial charge in [0.2, 0.25) is 0 Å². The van der Waals surface area contributed by atoms with Crippen LogP contribution in [0, 0.1) is 17.6 Å². The van der Waals surface area contributed by atoms with E-state index >= 15 is 0 Å². The summed E-state index contributed by atoms with van der Waals surface area (Å²) in [6.45, 7) is 6.69. The highest BCUT2D eigenvalue weighted by Gasteiger charge is 2.21. The summed E-state index contributed by atoms with van der Waals surface area (Å²) >= 11 is 0. The van der Waals surface area contributed by atoms with Crippen molar-refractivity contribution >= 4 is 5.69 Å². The van der Waals surface area contributed by atoms with E-state index in [1.807, 2.05) is 4.90 Å². The van der Waals surface area contributed by atoms with Crippen molar-refractivity contribution in [3.8, 4) is 0 Å². The standard InChI is InChI=1S/C16H23F2N3/c17-14-3-4-16(15(18)11-14)21-9-7-20(8-10-21)6-5-19-12-13-1-2-13/h3-4,11,13,19H,1-2,5-10,12H2. The third-order valence-corrected chi connectivity index (χ3v) is 4.36. The van der Waals surface area contributed by atoms with E-state index in [1.54, 1.807) is 0 Å². The fourth-order valence-electron chi connectivity index (χ4n) is 2.82. The Labute approximate surface area is 124 Å². The summed E-state index contributed by atoms with van der Waals surface area (Å²) in [5, 5.41) is 3.50. The van der Waals surface area contributed by atoms with Gasteiger partial charge in [0.25, 0.3) is 0 Å². The van der Waals surface area contributed by atoms with Gasteiger partial charge in [0.1, 0.15) is 11.6 Å². The van der Waals surface area contributed by atoms with Gasteiger partial charge in [-0.25, -0.2) is 8.78 Å². The van der Waals surface area contributed by atoms with Crippen LogP contribution in [0.2, 0.25) is 0 Å². The molecule has 3 nitrogen and oxygen atoms in total. The average Bonchev–Trinajstić information content (AvgIpc) is 3.29. The van der Waals surface area contributed by atoms with Crippen LogP contribution < -0.4 is 10.2 Å². The number of benzene rings is 1. The smallest absolute Gasteiger partial charge is 0.149 e. The molecular weight excluding hydrogens is 272 g/mol. The molecule has 2 fully saturated rings. The van der Waals surface area contributed by atoms with Crippen molar-refractivity contribution in [1.29, 1.82) is 0 Å². The fraction of sp³-hybridized carbons (Fsp3) is 0.625. The van der Waals surface area contributed by atoms with Crippen molar-refractivity contribution in [3.63, 3.8) is 0 Å². The van der Waals surface area contributed by atoms with E-state index in [0.717, 1.165) is 57.8 Å². The number of anilines is 1. The zero-order valence-electron chi connectivity index (χ0n) is 12.3. The van der Waals surface area contributed by atoms with Gasteiger partial charge < -0.3 is 10.2 Å². The Balaban J connectivity index is 1.41. The molecule has 1 aromatic rings. The zero-order valence-corrected chi connectivity index (χ0v) is 12.3. The predicted octanol–water partition coefficient (Wildman–Crippen LogP) is 2.09. The van der Waals surface area contributed by atoms with Crippen LogP contribution in [0.25, 0.3) is 0 Å². The molecule has 0 unspecified atom stereocenters. The van der Waals surface area contributed by atoms with E-state index in [4.69, 9.17) is 0 Å². The van der Waals surface area contributed by atoms with Gasteiger partial charge in [0, 0.05) is 45.3 Å². The Bertz CT molecular complexity index is 469. The first-order chi connectivity index (χ1) is 10.2. The lowest BCUT2D eigenvalue weighted by molar-refractivity contribution is 0.256. The lowest BCUT2D eigenvalue weighted by Gasteiger charge is -2.36. The van der Waals surface area contributed by atoms with Gasteiger partial charge in [-0.1, -0.05) is 0 Å². The van der Waals surface area contributed by atoms with Crippen molar-refractivity contribution in [2.45, 2.75) is 12.8 Å². The summed E-state index contributed by atoms with van der Waals surface area (Å²) in [6, 6.07) is 3.83. The molecule has 0 radical (unpaired) electrons. The first-order valence-corrected chi connectivity index (χ1v) is 7.85.